The molecule has 1 saturated heterocycles. The van der Waals surface area contributed by atoms with Gasteiger partial charge in [0, 0.05) is 20.4 Å². The summed E-state index contributed by atoms with van der Waals surface area (Å²) in [5.41, 5.74) is 3.36. The zero-order valence-corrected chi connectivity index (χ0v) is 36.8. The van der Waals surface area contributed by atoms with Crippen molar-refractivity contribution in [2.24, 2.45) is 0 Å². The Hall–Kier alpha value is -3.90. The van der Waals surface area contributed by atoms with Gasteiger partial charge >= 0.3 is 0 Å². The van der Waals surface area contributed by atoms with E-state index in [1.807, 2.05) is 91.0 Å². The summed E-state index contributed by atoms with van der Waals surface area (Å²) in [6.45, 7) is 13.7. The van der Waals surface area contributed by atoms with Gasteiger partial charge in [-0.15, -0.1) is 0 Å². The van der Waals surface area contributed by atoms with Crippen LogP contribution < -0.4 is 4.74 Å². The van der Waals surface area contributed by atoms with Gasteiger partial charge in [-0.05, 0) is 83.5 Å². The SMILES string of the molecule is [2H]C([2H])(c1ccc(OCC)c(F)c1)c1cc([C@]2(OC)O[C@H](CO[Si](C)(C)C(C)(C)C)[C@@H](OCc3ccccc3)[C@H](OCc3ccccc3)[C@H]2OCc2ccccc2)ccc1Cl. The van der Waals surface area contributed by atoms with Gasteiger partial charge in [-0.2, -0.15) is 0 Å². The van der Waals surface area contributed by atoms with Crippen LogP contribution in [0.5, 0.6) is 5.75 Å². The lowest BCUT2D eigenvalue weighted by Gasteiger charge is -2.52. The maximum Gasteiger partial charge on any atom is 0.225 e. The molecule has 5 atom stereocenters. The first-order valence-corrected chi connectivity index (χ1v) is 23.4. The summed E-state index contributed by atoms with van der Waals surface area (Å²) in [4.78, 5) is 0. The maximum atomic E-state index is 15.2. The van der Waals surface area contributed by atoms with Crippen molar-refractivity contribution in [1.29, 1.82) is 0 Å². The van der Waals surface area contributed by atoms with Crippen LogP contribution in [0.15, 0.2) is 127 Å². The van der Waals surface area contributed by atoms with Crippen LogP contribution in [-0.4, -0.2) is 53.1 Å². The van der Waals surface area contributed by atoms with Crippen LogP contribution in [-0.2, 0) is 60.1 Å². The molecule has 10 heteroatoms. The van der Waals surface area contributed by atoms with Gasteiger partial charge in [0.15, 0.2) is 19.9 Å². The van der Waals surface area contributed by atoms with E-state index in [-0.39, 0.29) is 60.0 Å². The van der Waals surface area contributed by atoms with E-state index in [0.717, 1.165) is 22.8 Å². The molecule has 1 heterocycles. The van der Waals surface area contributed by atoms with E-state index in [1.165, 1.54) is 19.2 Å². The Balaban J connectivity index is 1.52. The summed E-state index contributed by atoms with van der Waals surface area (Å²) < 4.78 is 81.1. The first-order valence-electron chi connectivity index (χ1n) is 21.2. The highest BCUT2D eigenvalue weighted by Gasteiger charge is 2.59. The maximum absolute atomic E-state index is 15.2. The molecule has 0 unspecified atom stereocenters. The van der Waals surface area contributed by atoms with E-state index in [9.17, 15) is 2.74 Å². The Bertz CT molecular complexity index is 2160. The third kappa shape index (κ3) is 11.1. The molecule has 7 nitrogen and oxygen atoms in total. The first-order chi connectivity index (χ1) is 29.1. The van der Waals surface area contributed by atoms with Crippen LogP contribution in [0.4, 0.5) is 4.39 Å². The molecule has 0 amide bonds. The first kappa shape index (κ1) is 41.8. The van der Waals surface area contributed by atoms with Crippen LogP contribution in [0.1, 0.15) is 63.8 Å². The predicted octanol–water partition coefficient (Wildman–Crippen LogP) is 11.4. The Morgan fingerprint density at radius 2 is 1.31 bits per heavy atom. The van der Waals surface area contributed by atoms with Gasteiger partial charge in [-0.3, -0.25) is 0 Å². The lowest BCUT2D eigenvalue weighted by atomic mass is 9.86. The molecule has 5 aromatic carbocycles. The second-order valence-electron chi connectivity index (χ2n) is 16.2. The lowest BCUT2D eigenvalue weighted by Crippen LogP contribution is -2.66. The topological polar surface area (TPSA) is 64.6 Å². The van der Waals surface area contributed by atoms with Crippen molar-refractivity contribution in [2.75, 3.05) is 20.3 Å². The van der Waals surface area contributed by atoms with Gasteiger partial charge in [0.2, 0.25) is 5.79 Å². The molecular formula is C49H58ClFO7Si. The van der Waals surface area contributed by atoms with Crippen molar-refractivity contribution in [2.45, 2.75) is 102 Å². The summed E-state index contributed by atoms with van der Waals surface area (Å²) in [5, 5.41) is 0.0210. The fraction of sp³-hybridized carbons (Fsp3) is 0.388. The fourth-order valence-corrected chi connectivity index (χ4v) is 8.02. The second-order valence-corrected chi connectivity index (χ2v) is 21.5. The highest BCUT2D eigenvalue weighted by molar-refractivity contribution is 6.74. The minimum absolute atomic E-state index is 0.0331. The molecular weight excluding hydrogens is 783 g/mol. The van der Waals surface area contributed by atoms with Gasteiger partial charge in [-0.25, -0.2) is 4.39 Å². The van der Waals surface area contributed by atoms with Crippen molar-refractivity contribution in [3.8, 4) is 5.75 Å². The standard InChI is InChI=1S/C49H58ClFO7Si/c1-8-53-43-27-24-38(29-42(43)51)28-39-30-40(25-26-41(39)50)49(52-5)47(56-33-37-22-16-11-17-23-37)46(55-32-36-20-14-10-15-21-36)45(54-31-35-18-12-9-13-19-35)44(58-49)34-57-59(6,7)48(2,3)4/h9-27,29-30,44-47H,8,28,31-34H2,1-7H3/t44-,45-,46+,47-,49+/m1/s1/i28D2. The number of methoxy groups -OCH3 is 1. The number of benzene rings is 5. The number of hydrogen-bond donors (Lipinski definition) is 0. The minimum atomic E-state index is -2.36. The van der Waals surface area contributed by atoms with Crippen LogP contribution in [0.3, 0.4) is 0 Å². The van der Waals surface area contributed by atoms with E-state index in [4.69, 9.17) is 44.4 Å². The smallest absolute Gasteiger partial charge is 0.225 e. The van der Waals surface area contributed by atoms with E-state index in [1.54, 1.807) is 25.1 Å². The number of hydrogen-bond acceptors (Lipinski definition) is 7. The van der Waals surface area contributed by atoms with Crippen LogP contribution in [0, 0.1) is 5.82 Å². The molecule has 1 aliphatic rings. The van der Waals surface area contributed by atoms with Crippen LogP contribution in [0.25, 0.3) is 0 Å². The molecule has 1 aliphatic heterocycles. The lowest BCUT2D eigenvalue weighted by molar-refractivity contribution is -0.384. The van der Waals surface area contributed by atoms with Gasteiger partial charge in [0.05, 0.1) is 33.0 Å². The molecule has 0 radical (unpaired) electrons. The zero-order chi connectivity index (χ0) is 43.8. The summed E-state index contributed by atoms with van der Waals surface area (Å²) >= 11 is 6.87. The Morgan fingerprint density at radius 1 is 0.746 bits per heavy atom. The van der Waals surface area contributed by atoms with E-state index >= 15 is 4.39 Å². The molecule has 0 saturated carbocycles. The average molecular weight is 844 g/mol. The van der Waals surface area contributed by atoms with Gasteiger partial charge in [-0.1, -0.05) is 136 Å². The van der Waals surface area contributed by atoms with E-state index in [2.05, 4.69) is 33.9 Å². The van der Waals surface area contributed by atoms with Gasteiger partial charge < -0.3 is 32.8 Å². The third-order valence-electron chi connectivity index (χ3n) is 11.1. The molecule has 5 aromatic rings. The predicted molar refractivity (Wildman–Crippen MR) is 234 cm³/mol. The summed E-state index contributed by atoms with van der Waals surface area (Å²) in [6.07, 6.45) is -5.61. The summed E-state index contributed by atoms with van der Waals surface area (Å²) in [5.74, 6) is -2.38. The van der Waals surface area contributed by atoms with Crippen molar-refractivity contribution < 1.29 is 40.0 Å². The number of ether oxygens (including phenoxy) is 6. The van der Waals surface area contributed by atoms with Crippen molar-refractivity contribution in [1.82, 2.24) is 0 Å². The van der Waals surface area contributed by atoms with Gasteiger partial charge in [0.25, 0.3) is 0 Å². The molecule has 6 rings (SSSR count). The second kappa shape index (κ2) is 20.1. The molecule has 0 spiro atoms. The van der Waals surface area contributed by atoms with Crippen molar-refractivity contribution >= 4 is 19.9 Å². The highest BCUT2D eigenvalue weighted by atomic mass is 35.5. The Morgan fingerprint density at radius 3 is 1.83 bits per heavy atom. The quantitative estimate of drug-likeness (QED) is 0.0814. The largest absolute Gasteiger partial charge is 0.491 e. The van der Waals surface area contributed by atoms with E-state index < -0.39 is 50.7 Å². The number of halogens is 2. The molecule has 59 heavy (non-hydrogen) atoms. The van der Waals surface area contributed by atoms with Gasteiger partial charge in [0.1, 0.15) is 24.4 Å². The highest BCUT2D eigenvalue weighted by Crippen LogP contribution is 2.46. The molecule has 0 N–H and O–H groups in total. The zero-order valence-electron chi connectivity index (χ0n) is 37.1. The summed E-state index contributed by atoms with van der Waals surface area (Å²) in [6, 6.07) is 38.6. The molecule has 0 aliphatic carbocycles. The monoisotopic (exact) mass is 842 g/mol. The van der Waals surface area contributed by atoms with Crippen molar-refractivity contribution in [3.05, 3.63) is 172 Å². The Kier molecular flexibility index (Phi) is 14.2. The molecule has 0 bridgehead atoms. The molecule has 0 aromatic heterocycles. The normalized spacial score (nSPS) is 21.8. The molecule has 1 fully saturated rings. The van der Waals surface area contributed by atoms with Crippen molar-refractivity contribution in [3.63, 3.8) is 0 Å². The molecule has 314 valence electrons. The third-order valence-corrected chi connectivity index (χ3v) is 16.0. The van der Waals surface area contributed by atoms with Crippen LogP contribution in [0.2, 0.25) is 23.2 Å². The minimum Gasteiger partial charge on any atom is -0.491 e. The number of rotatable bonds is 18. The van der Waals surface area contributed by atoms with Crippen LogP contribution >= 0.6 is 11.6 Å². The fourth-order valence-electron chi connectivity index (χ4n) is 6.84. The van der Waals surface area contributed by atoms with E-state index in [0.29, 0.717) is 5.56 Å². The average Bonchev–Trinajstić information content (AvgIpc) is 3.25. The summed E-state index contributed by atoms with van der Waals surface area (Å²) in [7, 11) is -0.822. The Labute approximate surface area is 358 Å².